The zero-order valence-electron chi connectivity index (χ0n) is 15.8. The molecule has 0 bridgehead atoms. The molecule has 0 saturated heterocycles. The van der Waals surface area contributed by atoms with E-state index < -0.39 is 0 Å². The Balaban J connectivity index is 1.43. The molecule has 1 aliphatic rings. The number of methoxy groups -OCH3 is 1. The highest BCUT2D eigenvalue weighted by molar-refractivity contribution is 5.96. The molecule has 0 radical (unpaired) electrons. The number of rotatable bonds is 5. The minimum absolute atomic E-state index is 0.160. The number of para-hydroxylation sites is 1. The van der Waals surface area contributed by atoms with Crippen LogP contribution < -0.4 is 9.64 Å². The zero-order valence-corrected chi connectivity index (χ0v) is 15.8. The van der Waals surface area contributed by atoms with Gasteiger partial charge in [0.2, 0.25) is 5.91 Å². The van der Waals surface area contributed by atoms with Gasteiger partial charge in [-0.05, 0) is 59.6 Å². The number of amides is 1. The molecule has 27 heavy (non-hydrogen) atoms. The van der Waals surface area contributed by atoms with Gasteiger partial charge in [-0.1, -0.05) is 36.4 Å². The summed E-state index contributed by atoms with van der Waals surface area (Å²) in [5, 5.41) is 2.34. The number of fused-ring (bicyclic) bond motifs is 2. The van der Waals surface area contributed by atoms with E-state index >= 15 is 0 Å². The van der Waals surface area contributed by atoms with Gasteiger partial charge in [0, 0.05) is 18.8 Å². The molecule has 0 atom stereocenters. The molecule has 4 rings (SSSR count). The van der Waals surface area contributed by atoms with E-state index in [0.717, 1.165) is 36.3 Å². The van der Waals surface area contributed by atoms with Crippen LogP contribution in [0.3, 0.4) is 0 Å². The Bertz CT molecular complexity index is 983. The van der Waals surface area contributed by atoms with Crippen LogP contribution in [0, 0.1) is 0 Å². The highest BCUT2D eigenvalue weighted by Gasteiger charge is 2.24. The predicted octanol–water partition coefficient (Wildman–Crippen LogP) is 3.87. The van der Waals surface area contributed by atoms with E-state index in [1.807, 2.05) is 42.3 Å². The van der Waals surface area contributed by atoms with Crippen LogP contribution in [0.25, 0.3) is 10.8 Å². The lowest BCUT2D eigenvalue weighted by Gasteiger charge is -2.22. The summed E-state index contributed by atoms with van der Waals surface area (Å²) in [6, 6.07) is 20.7. The Hall–Kier alpha value is -2.85. The first-order chi connectivity index (χ1) is 13.1. The van der Waals surface area contributed by atoms with Crippen molar-refractivity contribution in [2.24, 2.45) is 0 Å². The van der Waals surface area contributed by atoms with Crippen molar-refractivity contribution >= 4 is 22.4 Å². The smallest absolute Gasteiger partial charge is 0.241 e. The van der Waals surface area contributed by atoms with Gasteiger partial charge in [0.05, 0.1) is 13.7 Å². The maximum Gasteiger partial charge on any atom is 0.241 e. The SMILES string of the molecule is COc1ccc2cc(CN(C)CC(=O)N3CCc4ccccc43)ccc2c1. The van der Waals surface area contributed by atoms with Crippen molar-refractivity contribution < 1.29 is 9.53 Å². The first-order valence-electron chi connectivity index (χ1n) is 9.27. The Morgan fingerprint density at radius 2 is 1.85 bits per heavy atom. The van der Waals surface area contributed by atoms with Gasteiger partial charge in [0.25, 0.3) is 0 Å². The van der Waals surface area contributed by atoms with Crippen molar-refractivity contribution in [3.63, 3.8) is 0 Å². The highest BCUT2D eigenvalue weighted by atomic mass is 16.5. The van der Waals surface area contributed by atoms with Gasteiger partial charge in [-0.15, -0.1) is 0 Å². The highest BCUT2D eigenvalue weighted by Crippen LogP contribution is 2.27. The lowest BCUT2D eigenvalue weighted by molar-refractivity contribution is -0.119. The molecule has 0 fully saturated rings. The molecule has 1 amide bonds. The van der Waals surface area contributed by atoms with Crippen molar-refractivity contribution in [3.05, 3.63) is 71.8 Å². The van der Waals surface area contributed by atoms with Gasteiger partial charge in [0.1, 0.15) is 5.75 Å². The van der Waals surface area contributed by atoms with Crippen LogP contribution >= 0.6 is 0 Å². The van der Waals surface area contributed by atoms with E-state index in [4.69, 9.17) is 4.74 Å². The molecular formula is C23H24N2O2. The number of benzene rings is 3. The van der Waals surface area contributed by atoms with Crippen LogP contribution in [0.2, 0.25) is 0 Å². The molecule has 0 aliphatic carbocycles. The van der Waals surface area contributed by atoms with Gasteiger partial charge in [-0.2, -0.15) is 0 Å². The summed E-state index contributed by atoms with van der Waals surface area (Å²) in [6.07, 6.45) is 0.944. The van der Waals surface area contributed by atoms with E-state index in [0.29, 0.717) is 6.54 Å². The molecule has 1 heterocycles. The minimum Gasteiger partial charge on any atom is -0.497 e. The molecule has 3 aromatic carbocycles. The molecule has 0 unspecified atom stereocenters. The Kier molecular flexibility index (Phi) is 4.82. The quantitative estimate of drug-likeness (QED) is 0.692. The Morgan fingerprint density at radius 1 is 1.07 bits per heavy atom. The van der Waals surface area contributed by atoms with Crippen molar-refractivity contribution in [2.75, 3.05) is 32.1 Å². The number of ether oxygens (including phenoxy) is 1. The monoisotopic (exact) mass is 360 g/mol. The van der Waals surface area contributed by atoms with Gasteiger partial charge in [0.15, 0.2) is 0 Å². The van der Waals surface area contributed by atoms with E-state index in [1.165, 1.54) is 16.5 Å². The molecule has 0 aromatic heterocycles. The van der Waals surface area contributed by atoms with Crippen molar-refractivity contribution in [3.8, 4) is 5.75 Å². The fourth-order valence-corrected chi connectivity index (χ4v) is 3.78. The normalized spacial score (nSPS) is 13.2. The summed E-state index contributed by atoms with van der Waals surface area (Å²) in [5.74, 6) is 1.02. The predicted molar refractivity (Wildman–Crippen MR) is 109 cm³/mol. The standard InChI is InChI=1S/C23H24N2O2/c1-24(16-23(26)25-12-11-18-5-3-4-6-22(18)25)15-17-7-8-20-14-21(27-2)10-9-19(20)13-17/h3-10,13-14H,11-12,15-16H2,1-2H3. The van der Waals surface area contributed by atoms with E-state index in [9.17, 15) is 4.79 Å². The van der Waals surface area contributed by atoms with Crippen LogP contribution in [0.1, 0.15) is 11.1 Å². The average molecular weight is 360 g/mol. The van der Waals surface area contributed by atoms with Gasteiger partial charge < -0.3 is 9.64 Å². The van der Waals surface area contributed by atoms with Gasteiger partial charge in [-0.3, -0.25) is 9.69 Å². The summed E-state index contributed by atoms with van der Waals surface area (Å²) in [6.45, 7) is 1.93. The third kappa shape index (κ3) is 3.67. The van der Waals surface area contributed by atoms with Gasteiger partial charge in [-0.25, -0.2) is 0 Å². The summed E-state index contributed by atoms with van der Waals surface area (Å²) in [7, 11) is 3.68. The molecule has 0 saturated carbocycles. The number of likely N-dealkylation sites (N-methyl/N-ethyl adjacent to an activating group) is 1. The molecule has 138 valence electrons. The number of carbonyl (C=O) groups is 1. The lowest BCUT2D eigenvalue weighted by atomic mass is 10.1. The number of hydrogen-bond donors (Lipinski definition) is 0. The molecule has 4 heteroatoms. The van der Waals surface area contributed by atoms with E-state index in [1.54, 1.807) is 7.11 Å². The summed E-state index contributed by atoms with van der Waals surface area (Å²) in [4.78, 5) is 16.8. The van der Waals surface area contributed by atoms with E-state index in [-0.39, 0.29) is 5.91 Å². The minimum atomic E-state index is 0.160. The third-order valence-corrected chi connectivity index (χ3v) is 5.16. The average Bonchev–Trinajstić information content (AvgIpc) is 3.11. The van der Waals surface area contributed by atoms with Crippen LogP contribution in [-0.2, 0) is 17.8 Å². The maximum atomic E-state index is 12.8. The van der Waals surface area contributed by atoms with Crippen LogP contribution in [0.4, 0.5) is 5.69 Å². The topological polar surface area (TPSA) is 32.8 Å². The van der Waals surface area contributed by atoms with Crippen LogP contribution in [0.5, 0.6) is 5.75 Å². The first kappa shape index (κ1) is 17.6. The van der Waals surface area contributed by atoms with Crippen molar-refractivity contribution in [1.82, 2.24) is 4.90 Å². The number of anilines is 1. The molecule has 0 N–H and O–H groups in total. The summed E-state index contributed by atoms with van der Waals surface area (Å²) >= 11 is 0. The molecule has 4 nitrogen and oxygen atoms in total. The second-order valence-electron chi connectivity index (χ2n) is 7.14. The maximum absolute atomic E-state index is 12.8. The largest absolute Gasteiger partial charge is 0.497 e. The molecule has 3 aromatic rings. The second kappa shape index (κ2) is 7.41. The number of hydrogen-bond acceptors (Lipinski definition) is 3. The first-order valence-corrected chi connectivity index (χ1v) is 9.27. The molecule has 0 spiro atoms. The van der Waals surface area contributed by atoms with Gasteiger partial charge >= 0.3 is 0 Å². The fraction of sp³-hybridized carbons (Fsp3) is 0.261. The Labute approximate surface area is 160 Å². The summed E-state index contributed by atoms with van der Waals surface area (Å²) in [5.41, 5.74) is 3.53. The second-order valence-corrected chi connectivity index (χ2v) is 7.14. The Morgan fingerprint density at radius 3 is 2.70 bits per heavy atom. The van der Waals surface area contributed by atoms with E-state index in [2.05, 4.69) is 35.2 Å². The lowest BCUT2D eigenvalue weighted by Crippen LogP contribution is -2.37. The number of nitrogens with zero attached hydrogens (tertiary/aromatic N) is 2. The third-order valence-electron chi connectivity index (χ3n) is 5.16. The van der Waals surface area contributed by atoms with Crippen LogP contribution in [0.15, 0.2) is 60.7 Å². The molecule has 1 aliphatic heterocycles. The van der Waals surface area contributed by atoms with Crippen LogP contribution in [-0.4, -0.2) is 38.1 Å². The zero-order chi connectivity index (χ0) is 18.8. The van der Waals surface area contributed by atoms with Crippen molar-refractivity contribution in [2.45, 2.75) is 13.0 Å². The fourth-order valence-electron chi connectivity index (χ4n) is 3.78. The van der Waals surface area contributed by atoms with Crippen molar-refractivity contribution in [1.29, 1.82) is 0 Å². The number of carbonyl (C=O) groups excluding carboxylic acids is 1. The summed E-state index contributed by atoms with van der Waals surface area (Å²) < 4.78 is 5.28. The molecular weight excluding hydrogens is 336 g/mol.